The second-order valence-corrected chi connectivity index (χ2v) is 5.60. The number of hydrogen-bond donors (Lipinski definition) is 2. The highest BCUT2D eigenvalue weighted by atomic mass is 16.5. The first-order valence-corrected chi connectivity index (χ1v) is 8.33. The van der Waals surface area contributed by atoms with E-state index in [1.165, 1.54) is 5.56 Å². The molecule has 0 atom stereocenters. The van der Waals surface area contributed by atoms with Crippen LogP contribution in [0.1, 0.15) is 35.7 Å². The number of unbranched alkanes of at least 4 members (excludes halogenated alkanes) is 1. The number of benzene rings is 1. The van der Waals surface area contributed by atoms with Gasteiger partial charge in [-0.05, 0) is 36.6 Å². The number of anilines is 1. The number of ether oxygens (including phenoxy) is 1. The molecule has 0 saturated heterocycles. The Labute approximate surface area is 143 Å². The van der Waals surface area contributed by atoms with Gasteiger partial charge in [-0.25, -0.2) is 0 Å². The van der Waals surface area contributed by atoms with Crippen LogP contribution in [0, 0.1) is 0 Å². The van der Waals surface area contributed by atoms with Crippen molar-refractivity contribution in [3.8, 4) is 5.75 Å². The third-order valence-electron chi connectivity index (χ3n) is 3.72. The molecule has 24 heavy (non-hydrogen) atoms. The first kappa shape index (κ1) is 17.8. The van der Waals surface area contributed by atoms with Gasteiger partial charge >= 0.3 is 0 Å². The van der Waals surface area contributed by atoms with Crippen molar-refractivity contribution in [2.24, 2.45) is 0 Å². The molecule has 1 amide bonds. The summed E-state index contributed by atoms with van der Waals surface area (Å²) in [5, 5.41) is 6.21. The van der Waals surface area contributed by atoms with E-state index in [1.54, 1.807) is 19.5 Å². The minimum Gasteiger partial charge on any atom is -0.497 e. The van der Waals surface area contributed by atoms with E-state index < -0.39 is 0 Å². The Balaban J connectivity index is 1.83. The van der Waals surface area contributed by atoms with E-state index in [1.807, 2.05) is 18.2 Å². The van der Waals surface area contributed by atoms with Gasteiger partial charge in [0.2, 0.25) is 0 Å². The largest absolute Gasteiger partial charge is 0.497 e. The molecule has 0 aliphatic rings. The number of methoxy groups -OCH3 is 1. The lowest BCUT2D eigenvalue weighted by molar-refractivity contribution is 0.0953. The van der Waals surface area contributed by atoms with Gasteiger partial charge in [0.25, 0.3) is 5.91 Å². The zero-order valence-electron chi connectivity index (χ0n) is 14.3. The summed E-state index contributed by atoms with van der Waals surface area (Å²) in [7, 11) is 1.66. The second kappa shape index (κ2) is 9.55. The fourth-order valence-electron chi connectivity index (χ4n) is 2.28. The van der Waals surface area contributed by atoms with Crippen LogP contribution in [-0.2, 0) is 6.42 Å². The summed E-state index contributed by atoms with van der Waals surface area (Å²) in [5.41, 5.74) is 2.66. The van der Waals surface area contributed by atoms with Gasteiger partial charge in [0.1, 0.15) is 5.75 Å². The van der Waals surface area contributed by atoms with Crippen molar-refractivity contribution in [1.82, 2.24) is 10.3 Å². The summed E-state index contributed by atoms with van der Waals surface area (Å²) in [5.74, 6) is 0.785. The van der Waals surface area contributed by atoms with E-state index >= 15 is 0 Å². The third-order valence-corrected chi connectivity index (χ3v) is 3.72. The molecule has 0 fully saturated rings. The molecule has 128 valence electrons. The molecule has 1 heterocycles. The molecule has 0 aliphatic heterocycles. The average molecular weight is 327 g/mol. The van der Waals surface area contributed by atoms with Crippen molar-refractivity contribution >= 4 is 11.6 Å². The molecule has 1 aromatic heterocycles. The summed E-state index contributed by atoms with van der Waals surface area (Å²) >= 11 is 0. The Morgan fingerprint density at radius 3 is 2.67 bits per heavy atom. The fraction of sp³-hybridized carbons (Fsp3) is 0.368. The maximum Gasteiger partial charge on any atom is 0.252 e. The maximum atomic E-state index is 12.0. The van der Waals surface area contributed by atoms with Gasteiger partial charge in [0.05, 0.1) is 18.4 Å². The van der Waals surface area contributed by atoms with Crippen molar-refractivity contribution < 1.29 is 9.53 Å². The monoisotopic (exact) mass is 327 g/mol. The van der Waals surface area contributed by atoms with Crippen LogP contribution in [0.3, 0.4) is 0 Å². The molecular formula is C19H25N3O2. The van der Waals surface area contributed by atoms with Crippen LogP contribution in [0.5, 0.6) is 5.75 Å². The van der Waals surface area contributed by atoms with Crippen molar-refractivity contribution in [2.75, 3.05) is 25.5 Å². The number of nitrogens with one attached hydrogen (secondary N) is 2. The van der Waals surface area contributed by atoms with E-state index in [0.29, 0.717) is 12.1 Å². The Kier molecular flexibility index (Phi) is 7.08. The molecule has 0 unspecified atom stereocenters. The number of pyridine rings is 1. The minimum atomic E-state index is -0.0743. The number of nitrogens with zero attached hydrogens (tertiary/aromatic N) is 1. The smallest absolute Gasteiger partial charge is 0.252 e. The number of rotatable bonds is 9. The predicted molar refractivity (Wildman–Crippen MR) is 96.7 cm³/mol. The highest BCUT2D eigenvalue weighted by molar-refractivity contribution is 5.94. The quantitative estimate of drug-likeness (QED) is 0.694. The Hall–Kier alpha value is -2.56. The molecule has 0 spiro atoms. The summed E-state index contributed by atoms with van der Waals surface area (Å²) in [4.78, 5) is 16.2. The van der Waals surface area contributed by atoms with E-state index in [-0.39, 0.29) is 5.91 Å². The Morgan fingerprint density at radius 1 is 1.17 bits per heavy atom. The summed E-state index contributed by atoms with van der Waals surface area (Å²) in [6, 6.07) is 9.85. The van der Waals surface area contributed by atoms with Gasteiger partial charge in [-0.15, -0.1) is 0 Å². The number of carbonyl (C=O) groups is 1. The molecule has 1 aromatic carbocycles. The zero-order chi connectivity index (χ0) is 17.2. The van der Waals surface area contributed by atoms with Crippen LogP contribution in [0.15, 0.2) is 42.7 Å². The van der Waals surface area contributed by atoms with Crippen molar-refractivity contribution in [2.45, 2.75) is 26.2 Å². The Bertz CT molecular complexity index is 641. The Morgan fingerprint density at radius 2 is 1.96 bits per heavy atom. The lowest BCUT2D eigenvalue weighted by Gasteiger charge is -2.09. The van der Waals surface area contributed by atoms with Crippen LogP contribution in [-0.4, -0.2) is 31.1 Å². The number of amides is 1. The fourth-order valence-corrected chi connectivity index (χ4v) is 2.28. The van der Waals surface area contributed by atoms with Crippen molar-refractivity contribution in [3.05, 3.63) is 53.9 Å². The SMILES string of the molecule is CCCCNC(=O)c1cncc(NCCc2ccc(OC)cc2)c1. The maximum absolute atomic E-state index is 12.0. The van der Waals surface area contributed by atoms with Crippen molar-refractivity contribution in [1.29, 1.82) is 0 Å². The molecule has 0 saturated carbocycles. The second-order valence-electron chi connectivity index (χ2n) is 5.60. The topological polar surface area (TPSA) is 63.2 Å². The van der Waals surface area contributed by atoms with Crippen molar-refractivity contribution in [3.63, 3.8) is 0 Å². The third kappa shape index (κ3) is 5.57. The molecule has 0 radical (unpaired) electrons. The highest BCUT2D eigenvalue weighted by Crippen LogP contribution is 2.13. The molecule has 2 N–H and O–H groups in total. The molecule has 5 nitrogen and oxygen atoms in total. The number of aromatic nitrogens is 1. The van der Waals surface area contributed by atoms with E-state index in [2.05, 4.69) is 34.7 Å². The van der Waals surface area contributed by atoms with Crippen LogP contribution >= 0.6 is 0 Å². The molecule has 0 aliphatic carbocycles. The summed E-state index contributed by atoms with van der Waals surface area (Å²) < 4.78 is 5.15. The molecule has 0 bridgehead atoms. The number of hydrogen-bond acceptors (Lipinski definition) is 4. The molecular weight excluding hydrogens is 302 g/mol. The standard InChI is InChI=1S/C19H25N3O2/c1-3-4-10-22-19(23)16-12-17(14-20-13-16)21-11-9-15-5-7-18(24-2)8-6-15/h5-8,12-14,21H,3-4,9-11H2,1-2H3,(H,22,23). The molecule has 2 rings (SSSR count). The zero-order valence-corrected chi connectivity index (χ0v) is 14.3. The van der Waals surface area contributed by atoms with Gasteiger partial charge in [-0.3, -0.25) is 9.78 Å². The van der Waals surface area contributed by atoms with Gasteiger partial charge in [0.15, 0.2) is 0 Å². The van der Waals surface area contributed by atoms with Crippen LogP contribution in [0.4, 0.5) is 5.69 Å². The van der Waals surface area contributed by atoms with Crippen LogP contribution in [0.2, 0.25) is 0 Å². The molecule has 5 heteroatoms. The van der Waals surface area contributed by atoms with Gasteiger partial charge in [0, 0.05) is 25.5 Å². The van der Waals surface area contributed by atoms with Gasteiger partial charge in [-0.1, -0.05) is 25.5 Å². The van der Waals surface area contributed by atoms with Crippen LogP contribution < -0.4 is 15.4 Å². The molecule has 2 aromatic rings. The summed E-state index contributed by atoms with van der Waals surface area (Å²) in [6.45, 7) is 3.57. The average Bonchev–Trinajstić information content (AvgIpc) is 2.63. The summed E-state index contributed by atoms with van der Waals surface area (Å²) in [6.07, 6.45) is 6.26. The highest BCUT2D eigenvalue weighted by Gasteiger charge is 2.06. The normalized spacial score (nSPS) is 10.2. The van der Waals surface area contributed by atoms with Gasteiger partial charge < -0.3 is 15.4 Å². The van der Waals surface area contributed by atoms with E-state index in [9.17, 15) is 4.79 Å². The van der Waals surface area contributed by atoms with E-state index in [4.69, 9.17) is 4.74 Å². The first-order valence-electron chi connectivity index (χ1n) is 8.33. The lowest BCUT2D eigenvalue weighted by Crippen LogP contribution is -2.24. The van der Waals surface area contributed by atoms with Gasteiger partial charge in [-0.2, -0.15) is 0 Å². The minimum absolute atomic E-state index is 0.0743. The number of carbonyl (C=O) groups excluding carboxylic acids is 1. The first-order chi connectivity index (χ1) is 11.7. The van der Waals surface area contributed by atoms with Crippen LogP contribution in [0.25, 0.3) is 0 Å². The van der Waals surface area contributed by atoms with E-state index in [0.717, 1.165) is 37.2 Å². The predicted octanol–water partition coefficient (Wildman–Crippen LogP) is 3.27. The lowest BCUT2D eigenvalue weighted by atomic mass is 10.1.